The Bertz CT molecular complexity index is 211. The van der Waals surface area contributed by atoms with Crippen LogP contribution in [-0.4, -0.2) is 6.61 Å². The second kappa shape index (κ2) is 15.1. The van der Waals surface area contributed by atoms with Crippen LogP contribution < -0.4 is 56.3 Å². The predicted molar refractivity (Wildman–Crippen MR) is 66.5 cm³/mol. The van der Waals surface area contributed by atoms with Crippen molar-refractivity contribution in [2.45, 2.75) is 71.1 Å². The van der Waals surface area contributed by atoms with Crippen molar-refractivity contribution in [2.24, 2.45) is 0 Å². The van der Waals surface area contributed by atoms with E-state index in [-0.39, 0.29) is 58.0 Å². The first-order valence-corrected chi connectivity index (χ1v) is 8.15. The fraction of sp³-hybridized carbons (Fsp3) is 1.00. The Balaban J connectivity index is 0. The molecule has 0 aliphatic rings. The standard InChI is InChI=1S/C12H26FO3P.K/c1-2-3-4-5-6-7-8-9-10-11-12-16-17(13,14)15;/h2-12H2,1H3,(H,14,15);/q;+1/p-1. The van der Waals surface area contributed by atoms with Crippen molar-refractivity contribution in [3.05, 3.63) is 0 Å². The summed E-state index contributed by atoms with van der Waals surface area (Å²) in [6, 6.07) is 0. The topological polar surface area (TPSA) is 49.4 Å². The molecule has 1 atom stereocenters. The Hall–Kier alpha value is 1.72. The Morgan fingerprint density at radius 3 is 1.72 bits per heavy atom. The summed E-state index contributed by atoms with van der Waals surface area (Å²) in [7, 11) is -4.99. The first kappa shape index (κ1) is 22.0. The van der Waals surface area contributed by atoms with E-state index in [0.717, 1.165) is 12.8 Å². The van der Waals surface area contributed by atoms with Crippen LogP contribution in [-0.2, 0) is 9.09 Å². The van der Waals surface area contributed by atoms with Crippen LogP contribution in [0.3, 0.4) is 0 Å². The molecule has 0 aromatic carbocycles. The fourth-order valence-corrected chi connectivity index (χ4v) is 2.11. The smallest absolute Gasteiger partial charge is 0.753 e. The maximum Gasteiger partial charge on any atom is 1.00 e. The van der Waals surface area contributed by atoms with Crippen LogP contribution in [0.5, 0.6) is 0 Å². The second-order valence-corrected chi connectivity index (χ2v) is 5.57. The molecule has 0 radical (unpaired) electrons. The average molecular weight is 306 g/mol. The quantitative estimate of drug-likeness (QED) is 0.311. The van der Waals surface area contributed by atoms with E-state index in [2.05, 4.69) is 11.4 Å². The predicted octanol–water partition coefficient (Wildman–Crippen LogP) is 1.37. The van der Waals surface area contributed by atoms with Crippen molar-refractivity contribution in [3.63, 3.8) is 0 Å². The Morgan fingerprint density at radius 2 is 1.33 bits per heavy atom. The fourth-order valence-electron chi connectivity index (χ4n) is 1.76. The van der Waals surface area contributed by atoms with Gasteiger partial charge in [-0.25, -0.2) is 0 Å². The van der Waals surface area contributed by atoms with Gasteiger partial charge in [-0.1, -0.05) is 64.7 Å². The molecule has 0 aromatic rings. The van der Waals surface area contributed by atoms with Gasteiger partial charge in [0.05, 0.1) is 6.61 Å². The molecule has 0 N–H and O–H groups in total. The van der Waals surface area contributed by atoms with Crippen LogP contribution in [0, 0.1) is 0 Å². The van der Waals surface area contributed by atoms with E-state index < -0.39 is 7.91 Å². The molecule has 0 spiro atoms. The van der Waals surface area contributed by atoms with Crippen molar-refractivity contribution in [2.75, 3.05) is 6.61 Å². The van der Waals surface area contributed by atoms with Crippen LogP contribution in [0.1, 0.15) is 71.1 Å². The summed E-state index contributed by atoms with van der Waals surface area (Å²) in [6.07, 6.45) is 11.6. The van der Waals surface area contributed by atoms with Gasteiger partial charge < -0.3 is 9.42 Å². The number of rotatable bonds is 12. The normalized spacial score (nSPS) is 13.9. The summed E-state index contributed by atoms with van der Waals surface area (Å²) >= 11 is 0. The van der Waals surface area contributed by atoms with Crippen molar-refractivity contribution < 1.29 is 69.6 Å². The van der Waals surface area contributed by atoms with Gasteiger partial charge in [0.15, 0.2) is 0 Å². The van der Waals surface area contributed by atoms with E-state index in [9.17, 15) is 13.7 Å². The molecular formula is C12H25FKO3P. The monoisotopic (exact) mass is 306 g/mol. The van der Waals surface area contributed by atoms with E-state index in [0.29, 0.717) is 6.42 Å². The Labute approximate surface area is 153 Å². The van der Waals surface area contributed by atoms with Crippen LogP contribution >= 0.6 is 7.91 Å². The van der Waals surface area contributed by atoms with Gasteiger partial charge >= 0.3 is 59.3 Å². The van der Waals surface area contributed by atoms with E-state index in [4.69, 9.17) is 0 Å². The third-order valence-electron chi connectivity index (χ3n) is 2.74. The largest absolute Gasteiger partial charge is 1.00 e. The molecule has 0 bridgehead atoms. The molecule has 104 valence electrons. The first-order chi connectivity index (χ1) is 8.06. The molecule has 1 unspecified atom stereocenters. The van der Waals surface area contributed by atoms with Gasteiger partial charge in [-0.2, -0.15) is 4.20 Å². The second-order valence-electron chi connectivity index (χ2n) is 4.45. The molecular weight excluding hydrogens is 281 g/mol. The minimum Gasteiger partial charge on any atom is -0.753 e. The van der Waals surface area contributed by atoms with Crippen LogP contribution in [0.25, 0.3) is 0 Å². The molecule has 0 amide bonds. The van der Waals surface area contributed by atoms with Crippen molar-refractivity contribution in [1.29, 1.82) is 0 Å². The van der Waals surface area contributed by atoms with Gasteiger partial charge in [0.2, 0.25) is 0 Å². The van der Waals surface area contributed by atoms with E-state index in [1.807, 2.05) is 0 Å². The van der Waals surface area contributed by atoms with Crippen LogP contribution in [0.15, 0.2) is 0 Å². The number of halogens is 1. The molecule has 0 heterocycles. The van der Waals surface area contributed by atoms with Gasteiger partial charge in [0.1, 0.15) is 0 Å². The molecule has 3 nitrogen and oxygen atoms in total. The maximum absolute atomic E-state index is 11.9. The molecule has 18 heavy (non-hydrogen) atoms. The van der Waals surface area contributed by atoms with Gasteiger partial charge in [0, 0.05) is 0 Å². The molecule has 0 fully saturated rings. The number of unbranched alkanes of at least 4 members (excludes halogenated alkanes) is 9. The number of hydrogen-bond acceptors (Lipinski definition) is 3. The number of hydrogen-bond donors (Lipinski definition) is 0. The van der Waals surface area contributed by atoms with Gasteiger partial charge in [-0.05, 0) is 6.42 Å². The van der Waals surface area contributed by atoms with Crippen molar-refractivity contribution >= 4 is 7.91 Å². The Kier molecular flexibility index (Phi) is 18.5. The van der Waals surface area contributed by atoms with Crippen molar-refractivity contribution in [3.8, 4) is 0 Å². The molecule has 0 saturated heterocycles. The summed E-state index contributed by atoms with van der Waals surface area (Å²) in [6.45, 7) is 2.19. The molecule has 0 aromatic heterocycles. The molecule has 0 aliphatic carbocycles. The summed E-state index contributed by atoms with van der Waals surface area (Å²) in [5, 5.41) is 0. The molecule has 0 rings (SSSR count). The zero-order valence-corrected chi connectivity index (χ0v) is 15.8. The zero-order chi connectivity index (χ0) is 13.0. The molecule has 0 saturated carbocycles. The summed E-state index contributed by atoms with van der Waals surface area (Å²) in [5.41, 5.74) is 0. The maximum atomic E-state index is 11.9. The van der Waals surface area contributed by atoms with E-state index >= 15 is 0 Å². The SMILES string of the molecule is CCCCCCCCCCCCOP(=O)([O-])F.[K+]. The van der Waals surface area contributed by atoms with Crippen LogP contribution in [0.4, 0.5) is 4.20 Å². The first-order valence-electron chi connectivity index (χ1n) is 6.71. The summed E-state index contributed by atoms with van der Waals surface area (Å²) in [4.78, 5) is 10.0. The minimum atomic E-state index is -4.99. The zero-order valence-electron chi connectivity index (χ0n) is 11.8. The summed E-state index contributed by atoms with van der Waals surface area (Å²) < 4.78 is 26.0. The van der Waals surface area contributed by atoms with Gasteiger partial charge in [-0.3, -0.25) is 4.57 Å². The van der Waals surface area contributed by atoms with E-state index in [1.165, 1.54) is 44.9 Å². The third-order valence-corrected chi connectivity index (χ3v) is 3.23. The third kappa shape index (κ3) is 20.0. The summed E-state index contributed by atoms with van der Waals surface area (Å²) in [5.74, 6) is 0. The minimum absolute atomic E-state index is 0. The van der Waals surface area contributed by atoms with Gasteiger partial charge in [-0.15, -0.1) is 0 Å². The average Bonchev–Trinajstić information content (AvgIpc) is 2.24. The Morgan fingerprint density at radius 1 is 0.944 bits per heavy atom. The van der Waals surface area contributed by atoms with Gasteiger partial charge in [0.25, 0.3) is 0 Å². The molecule has 6 heteroatoms. The van der Waals surface area contributed by atoms with Crippen LogP contribution in [0.2, 0.25) is 0 Å². The van der Waals surface area contributed by atoms with E-state index in [1.54, 1.807) is 0 Å². The molecule has 0 aliphatic heterocycles. The van der Waals surface area contributed by atoms with Crippen molar-refractivity contribution in [1.82, 2.24) is 0 Å².